The summed E-state index contributed by atoms with van der Waals surface area (Å²) in [7, 11) is 0. The summed E-state index contributed by atoms with van der Waals surface area (Å²) >= 11 is 1.59. The Morgan fingerprint density at radius 2 is 1.79 bits per heavy atom. The van der Waals surface area contributed by atoms with Crippen LogP contribution in [-0.2, 0) is 11.3 Å². The molecule has 1 fully saturated rings. The zero-order chi connectivity index (χ0) is 22.5. The number of hydrogen-bond donors (Lipinski definition) is 1. The van der Waals surface area contributed by atoms with Gasteiger partial charge in [0.2, 0.25) is 17.6 Å². The van der Waals surface area contributed by atoms with Crippen LogP contribution in [0, 0.1) is 5.92 Å². The Hall–Kier alpha value is -3.29. The molecule has 0 spiro atoms. The number of carbonyl (C=O) groups is 1. The lowest BCUT2D eigenvalue weighted by Gasteiger charge is -2.32. The quantitative estimate of drug-likeness (QED) is 0.426. The summed E-state index contributed by atoms with van der Waals surface area (Å²) < 4.78 is 5.47. The Morgan fingerprint density at radius 3 is 2.45 bits per heavy atom. The number of likely N-dealkylation sites (tertiary alicyclic amines) is 1. The minimum Gasteiger partial charge on any atom is -0.345 e. The number of piperidine rings is 1. The topological polar surface area (TPSA) is 71.3 Å². The standard InChI is InChI=1S/C26H26N4O2S/c31-26(28-24(19-9-3-1-4-10-19)20-11-5-2-6-12-20)21-13-7-15-30(17-21)18-23-27-25(29-32-23)22-14-8-16-33-22/h1-6,8-12,14,16,21,24H,7,13,15,17-18H2,(H,28,31). The Bertz CT molecular complexity index is 1120. The molecule has 2 aromatic carbocycles. The molecule has 1 saturated heterocycles. The van der Waals surface area contributed by atoms with Gasteiger partial charge in [-0.25, -0.2) is 0 Å². The van der Waals surface area contributed by atoms with E-state index in [0.717, 1.165) is 35.4 Å². The van der Waals surface area contributed by atoms with E-state index in [1.165, 1.54) is 0 Å². The summed E-state index contributed by atoms with van der Waals surface area (Å²) in [5.41, 5.74) is 2.16. The molecular formula is C26H26N4O2S. The van der Waals surface area contributed by atoms with Gasteiger partial charge in [0.1, 0.15) is 0 Å². The summed E-state index contributed by atoms with van der Waals surface area (Å²) in [6.07, 6.45) is 1.84. The van der Waals surface area contributed by atoms with E-state index in [1.807, 2.05) is 53.9 Å². The highest BCUT2D eigenvalue weighted by Gasteiger charge is 2.29. The number of benzene rings is 2. The molecule has 0 radical (unpaired) electrons. The number of nitrogens with one attached hydrogen (secondary N) is 1. The second-order valence-electron chi connectivity index (χ2n) is 8.33. The average Bonchev–Trinajstić information content (AvgIpc) is 3.56. The van der Waals surface area contributed by atoms with Gasteiger partial charge in [0.05, 0.1) is 23.4 Å². The van der Waals surface area contributed by atoms with Crippen molar-refractivity contribution in [1.82, 2.24) is 20.4 Å². The molecule has 1 N–H and O–H groups in total. The monoisotopic (exact) mass is 458 g/mol. The second kappa shape index (κ2) is 10.1. The molecule has 5 rings (SSSR count). The summed E-state index contributed by atoms with van der Waals surface area (Å²) in [5, 5.41) is 9.41. The molecule has 1 aliphatic rings. The zero-order valence-electron chi connectivity index (χ0n) is 18.3. The second-order valence-corrected chi connectivity index (χ2v) is 9.27. The minimum absolute atomic E-state index is 0.0756. The third-order valence-corrected chi connectivity index (χ3v) is 6.86. The first-order valence-corrected chi connectivity index (χ1v) is 12.1. The Labute approximate surface area is 197 Å². The van der Waals surface area contributed by atoms with Gasteiger partial charge in [-0.15, -0.1) is 11.3 Å². The molecule has 1 atom stereocenters. The maximum atomic E-state index is 13.3. The van der Waals surface area contributed by atoms with Gasteiger partial charge in [-0.1, -0.05) is 71.9 Å². The largest absolute Gasteiger partial charge is 0.345 e. The molecule has 33 heavy (non-hydrogen) atoms. The van der Waals surface area contributed by atoms with Crippen molar-refractivity contribution < 1.29 is 9.32 Å². The van der Waals surface area contributed by atoms with E-state index in [1.54, 1.807) is 11.3 Å². The smallest absolute Gasteiger partial charge is 0.241 e. The molecule has 1 unspecified atom stereocenters. The molecule has 2 aromatic heterocycles. The lowest BCUT2D eigenvalue weighted by Crippen LogP contribution is -2.43. The summed E-state index contributed by atoms with van der Waals surface area (Å²) in [6, 6.07) is 24.1. The van der Waals surface area contributed by atoms with Gasteiger partial charge in [0.15, 0.2) is 0 Å². The molecule has 0 aliphatic carbocycles. The van der Waals surface area contributed by atoms with Crippen molar-refractivity contribution in [3.8, 4) is 10.7 Å². The molecule has 3 heterocycles. The number of rotatable bonds is 7. The van der Waals surface area contributed by atoms with Crippen LogP contribution >= 0.6 is 11.3 Å². The van der Waals surface area contributed by atoms with Gasteiger partial charge in [0.25, 0.3) is 0 Å². The number of hydrogen-bond acceptors (Lipinski definition) is 6. The van der Waals surface area contributed by atoms with Crippen molar-refractivity contribution in [1.29, 1.82) is 0 Å². The first-order valence-electron chi connectivity index (χ1n) is 11.3. The summed E-state index contributed by atoms with van der Waals surface area (Å²) in [4.78, 5) is 21.1. The molecule has 1 aliphatic heterocycles. The third-order valence-electron chi connectivity index (χ3n) is 6.00. The highest BCUT2D eigenvalue weighted by Crippen LogP contribution is 2.26. The predicted octanol–water partition coefficient (Wildman–Crippen LogP) is 4.92. The number of aromatic nitrogens is 2. The number of amides is 1. The first kappa shape index (κ1) is 21.6. The van der Waals surface area contributed by atoms with Crippen molar-refractivity contribution in [3.05, 3.63) is 95.2 Å². The molecule has 4 aromatic rings. The lowest BCUT2D eigenvalue weighted by molar-refractivity contribution is -0.127. The maximum Gasteiger partial charge on any atom is 0.241 e. The van der Waals surface area contributed by atoms with E-state index >= 15 is 0 Å². The Balaban J connectivity index is 1.25. The van der Waals surface area contributed by atoms with Crippen molar-refractivity contribution in [2.45, 2.75) is 25.4 Å². The van der Waals surface area contributed by atoms with Gasteiger partial charge < -0.3 is 9.84 Å². The fraction of sp³-hybridized carbons (Fsp3) is 0.269. The van der Waals surface area contributed by atoms with Crippen LogP contribution in [0.3, 0.4) is 0 Å². The number of thiophene rings is 1. The van der Waals surface area contributed by atoms with Crippen LogP contribution < -0.4 is 5.32 Å². The van der Waals surface area contributed by atoms with E-state index < -0.39 is 0 Å². The van der Waals surface area contributed by atoms with Crippen molar-refractivity contribution in [2.75, 3.05) is 13.1 Å². The molecule has 0 bridgehead atoms. The number of nitrogens with zero attached hydrogens (tertiary/aromatic N) is 3. The molecule has 6 nitrogen and oxygen atoms in total. The molecule has 1 amide bonds. The normalized spacial score (nSPS) is 16.7. The van der Waals surface area contributed by atoms with Crippen LogP contribution in [0.2, 0.25) is 0 Å². The van der Waals surface area contributed by atoms with Gasteiger partial charge >= 0.3 is 0 Å². The van der Waals surface area contributed by atoms with Crippen LogP contribution in [0.25, 0.3) is 10.7 Å². The van der Waals surface area contributed by atoms with E-state index in [0.29, 0.717) is 24.8 Å². The molecule has 7 heteroatoms. The van der Waals surface area contributed by atoms with Gasteiger partial charge in [0, 0.05) is 6.54 Å². The highest BCUT2D eigenvalue weighted by atomic mass is 32.1. The SMILES string of the molecule is O=C(NC(c1ccccc1)c1ccccc1)C1CCCN(Cc2nc(-c3cccs3)no2)C1. The summed E-state index contributed by atoms with van der Waals surface area (Å²) in [5.74, 6) is 1.22. The van der Waals surface area contributed by atoms with Crippen molar-refractivity contribution in [3.63, 3.8) is 0 Å². The Kier molecular flexibility index (Phi) is 6.60. The van der Waals surface area contributed by atoms with E-state index in [9.17, 15) is 4.79 Å². The van der Waals surface area contributed by atoms with Crippen LogP contribution in [0.5, 0.6) is 0 Å². The fourth-order valence-corrected chi connectivity index (χ4v) is 4.99. The van der Waals surface area contributed by atoms with Gasteiger partial charge in [-0.2, -0.15) is 4.98 Å². The van der Waals surface area contributed by atoms with Crippen LogP contribution in [-0.4, -0.2) is 34.0 Å². The van der Waals surface area contributed by atoms with E-state index in [2.05, 4.69) is 44.6 Å². The highest BCUT2D eigenvalue weighted by molar-refractivity contribution is 7.13. The maximum absolute atomic E-state index is 13.3. The average molecular weight is 459 g/mol. The minimum atomic E-state index is -0.167. The zero-order valence-corrected chi connectivity index (χ0v) is 19.1. The van der Waals surface area contributed by atoms with Crippen LogP contribution in [0.15, 0.2) is 82.7 Å². The van der Waals surface area contributed by atoms with Crippen LogP contribution in [0.1, 0.15) is 35.9 Å². The Morgan fingerprint density at radius 1 is 1.06 bits per heavy atom. The predicted molar refractivity (Wildman–Crippen MR) is 128 cm³/mol. The van der Waals surface area contributed by atoms with E-state index in [-0.39, 0.29) is 17.9 Å². The first-order chi connectivity index (χ1) is 16.3. The van der Waals surface area contributed by atoms with Crippen molar-refractivity contribution in [2.24, 2.45) is 5.92 Å². The van der Waals surface area contributed by atoms with Crippen molar-refractivity contribution >= 4 is 17.2 Å². The molecular weight excluding hydrogens is 432 g/mol. The van der Waals surface area contributed by atoms with Gasteiger partial charge in [-0.05, 0) is 42.0 Å². The third kappa shape index (κ3) is 5.21. The lowest BCUT2D eigenvalue weighted by atomic mass is 9.94. The summed E-state index contributed by atoms with van der Waals surface area (Å²) in [6.45, 7) is 2.16. The fourth-order valence-electron chi connectivity index (χ4n) is 4.34. The molecule has 0 saturated carbocycles. The molecule has 168 valence electrons. The number of carbonyl (C=O) groups excluding carboxylic acids is 1. The van der Waals surface area contributed by atoms with Gasteiger partial charge in [-0.3, -0.25) is 9.69 Å². The van der Waals surface area contributed by atoms with Crippen LogP contribution in [0.4, 0.5) is 0 Å². The van der Waals surface area contributed by atoms with E-state index in [4.69, 9.17) is 4.52 Å².